The van der Waals surface area contributed by atoms with Crippen LogP contribution < -0.4 is 0 Å². The molecule has 4 heteroatoms. The molecule has 0 aromatic carbocycles. The van der Waals surface area contributed by atoms with Gasteiger partial charge in [0.25, 0.3) is 0 Å². The fourth-order valence-electron chi connectivity index (χ4n) is 1.96. The van der Waals surface area contributed by atoms with Crippen LogP contribution in [0.25, 0.3) is 0 Å². The van der Waals surface area contributed by atoms with Gasteiger partial charge in [0.1, 0.15) is 5.69 Å². The number of carbonyl (C=O) groups is 1. The summed E-state index contributed by atoms with van der Waals surface area (Å²) in [6, 6.07) is 5.58. The van der Waals surface area contributed by atoms with Gasteiger partial charge in [-0.1, -0.05) is 19.9 Å². The molecule has 1 heterocycles. The summed E-state index contributed by atoms with van der Waals surface area (Å²) in [5, 5.41) is 8.90. The first-order valence-electron chi connectivity index (χ1n) is 6.29. The van der Waals surface area contributed by atoms with Gasteiger partial charge >= 0.3 is 5.97 Å². The van der Waals surface area contributed by atoms with E-state index in [0.29, 0.717) is 18.5 Å². The Hall–Kier alpha value is -1.42. The first-order valence-corrected chi connectivity index (χ1v) is 6.29. The normalized spacial score (nSPS) is 13.0. The number of carboxylic acids is 1. The van der Waals surface area contributed by atoms with E-state index in [1.807, 2.05) is 13.1 Å². The van der Waals surface area contributed by atoms with Crippen LogP contribution in [0.5, 0.6) is 0 Å². The second-order valence-electron chi connectivity index (χ2n) is 5.21. The first kappa shape index (κ1) is 14.6. The zero-order valence-electron chi connectivity index (χ0n) is 11.6. The van der Waals surface area contributed by atoms with E-state index in [4.69, 9.17) is 5.11 Å². The van der Waals surface area contributed by atoms with Gasteiger partial charge in [0.15, 0.2) is 0 Å². The third-order valence-corrected chi connectivity index (χ3v) is 3.00. The third kappa shape index (κ3) is 4.45. The average molecular weight is 250 g/mol. The second-order valence-corrected chi connectivity index (χ2v) is 5.21. The lowest BCUT2D eigenvalue weighted by atomic mass is 10.0. The first-order chi connectivity index (χ1) is 8.40. The van der Waals surface area contributed by atoms with Crippen LogP contribution in [0.15, 0.2) is 18.2 Å². The molecule has 1 atom stereocenters. The summed E-state index contributed by atoms with van der Waals surface area (Å²) in [7, 11) is 2.04. The molecule has 0 saturated heterocycles. The number of aromatic nitrogens is 1. The fraction of sp³-hybridized carbons (Fsp3) is 0.571. The number of nitrogens with zero attached hydrogens (tertiary/aromatic N) is 2. The van der Waals surface area contributed by atoms with E-state index in [0.717, 1.165) is 12.1 Å². The Labute approximate surface area is 109 Å². The molecule has 0 bridgehead atoms. The van der Waals surface area contributed by atoms with Gasteiger partial charge in [-0.25, -0.2) is 9.78 Å². The molecule has 100 valence electrons. The number of pyridine rings is 1. The highest BCUT2D eigenvalue weighted by atomic mass is 16.4. The summed E-state index contributed by atoms with van der Waals surface area (Å²) in [6.07, 6.45) is 1.12. The van der Waals surface area contributed by atoms with Crippen LogP contribution in [-0.4, -0.2) is 34.0 Å². The Morgan fingerprint density at radius 3 is 2.61 bits per heavy atom. The third-order valence-electron chi connectivity index (χ3n) is 3.00. The van der Waals surface area contributed by atoms with E-state index in [9.17, 15) is 4.79 Å². The molecule has 1 aromatic heterocycles. The van der Waals surface area contributed by atoms with Crippen LogP contribution in [0.3, 0.4) is 0 Å². The van der Waals surface area contributed by atoms with Crippen molar-refractivity contribution in [2.45, 2.75) is 39.8 Å². The fourth-order valence-corrected chi connectivity index (χ4v) is 1.96. The van der Waals surface area contributed by atoms with E-state index in [2.05, 4.69) is 30.7 Å². The summed E-state index contributed by atoms with van der Waals surface area (Å²) in [4.78, 5) is 17.2. The molecule has 0 spiro atoms. The van der Waals surface area contributed by atoms with Gasteiger partial charge in [-0.3, -0.25) is 4.90 Å². The number of carboxylic acid groups (broad SMARTS) is 1. The standard InChI is InChI=1S/C14H22N2O2/c1-10(2)8-11(3)16(4)9-12-6-5-7-13(15-12)14(17)18/h5-7,10-11H,8-9H2,1-4H3,(H,17,18). The summed E-state index contributed by atoms with van der Waals surface area (Å²) in [6.45, 7) is 7.26. The molecule has 1 rings (SSSR count). The quantitative estimate of drug-likeness (QED) is 0.843. The highest BCUT2D eigenvalue weighted by molar-refractivity contribution is 5.85. The van der Waals surface area contributed by atoms with Crippen molar-refractivity contribution in [2.75, 3.05) is 7.05 Å². The Kier molecular flexibility index (Phi) is 5.28. The SMILES string of the molecule is CC(C)CC(C)N(C)Cc1cccc(C(=O)O)n1. The van der Waals surface area contributed by atoms with Crippen LogP contribution in [0.4, 0.5) is 0 Å². The molecule has 1 aromatic rings. The summed E-state index contributed by atoms with van der Waals surface area (Å²) >= 11 is 0. The Morgan fingerprint density at radius 1 is 1.39 bits per heavy atom. The van der Waals surface area contributed by atoms with Crippen molar-refractivity contribution in [1.29, 1.82) is 0 Å². The van der Waals surface area contributed by atoms with E-state index < -0.39 is 5.97 Å². The minimum atomic E-state index is -0.977. The van der Waals surface area contributed by atoms with Gasteiger partial charge < -0.3 is 5.11 Å². The van der Waals surface area contributed by atoms with Crippen molar-refractivity contribution >= 4 is 5.97 Å². The summed E-state index contributed by atoms with van der Waals surface area (Å²) in [5.41, 5.74) is 0.908. The Bertz CT molecular complexity index is 405. The van der Waals surface area contributed by atoms with Crippen LogP contribution >= 0.6 is 0 Å². The van der Waals surface area contributed by atoms with E-state index in [-0.39, 0.29) is 5.69 Å². The smallest absolute Gasteiger partial charge is 0.354 e. The highest BCUT2D eigenvalue weighted by Gasteiger charge is 2.13. The molecular formula is C14H22N2O2. The van der Waals surface area contributed by atoms with Crippen molar-refractivity contribution in [3.8, 4) is 0 Å². The largest absolute Gasteiger partial charge is 0.477 e. The van der Waals surface area contributed by atoms with Crippen molar-refractivity contribution in [2.24, 2.45) is 5.92 Å². The predicted octanol–water partition coefficient (Wildman–Crippen LogP) is 2.65. The molecule has 18 heavy (non-hydrogen) atoms. The maximum absolute atomic E-state index is 10.8. The molecule has 1 unspecified atom stereocenters. The zero-order valence-corrected chi connectivity index (χ0v) is 11.6. The number of hydrogen-bond acceptors (Lipinski definition) is 3. The average Bonchev–Trinajstić information content (AvgIpc) is 2.28. The summed E-state index contributed by atoms with van der Waals surface area (Å²) in [5.74, 6) is -0.324. The van der Waals surface area contributed by atoms with Gasteiger partial charge in [0.05, 0.1) is 5.69 Å². The van der Waals surface area contributed by atoms with Gasteiger partial charge in [-0.2, -0.15) is 0 Å². The van der Waals surface area contributed by atoms with Crippen molar-refractivity contribution in [3.05, 3.63) is 29.6 Å². The van der Waals surface area contributed by atoms with Gasteiger partial charge in [0.2, 0.25) is 0 Å². The number of rotatable bonds is 6. The Morgan fingerprint density at radius 2 is 2.06 bits per heavy atom. The molecule has 0 fully saturated rings. The maximum Gasteiger partial charge on any atom is 0.354 e. The monoisotopic (exact) mass is 250 g/mol. The minimum absolute atomic E-state index is 0.109. The van der Waals surface area contributed by atoms with E-state index in [1.54, 1.807) is 6.07 Å². The zero-order chi connectivity index (χ0) is 13.7. The van der Waals surface area contributed by atoms with E-state index in [1.165, 1.54) is 6.07 Å². The lowest BCUT2D eigenvalue weighted by Crippen LogP contribution is -2.30. The van der Waals surface area contributed by atoms with Crippen LogP contribution in [-0.2, 0) is 6.54 Å². The van der Waals surface area contributed by atoms with Gasteiger partial charge in [-0.15, -0.1) is 0 Å². The Balaban J connectivity index is 2.66. The lowest BCUT2D eigenvalue weighted by Gasteiger charge is -2.25. The van der Waals surface area contributed by atoms with Crippen molar-refractivity contribution in [3.63, 3.8) is 0 Å². The predicted molar refractivity (Wildman–Crippen MR) is 71.6 cm³/mol. The topological polar surface area (TPSA) is 53.4 Å². The molecular weight excluding hydrogens is 228 g/mol. The van der Waals surface area contributed by atoms with Crippen molar-refractivity contribution < 1.29 is 9.90 Å². The molecule has 0 radical (unpaired) electrons. The van der Waals surface area contributed by atoms with Gasteiger partial charge in [-0.05, 0) is 38.4 Å². The molecule has 1 N–H and O–H groups in total. The number of hydrogen-bond donors (Lipinski definition) is 1. The van der Waals surface area contributed by atoms with Crippen LogP contribution in [0, 0.1) is 5.92 Å². The van der Waals surface area contributed by atoms with Crippen LogP contribution in [0.2, 0.25) is 0 Å². The molecule has 0 aliphatic rings. The van der Waals surface area contributed by atoms with Crippen molar-refractivity contribution in [1.82, 2.24) is 9.88 Å². The highest BCUT2D eigenvalue weighted by Crippen LogP contribution is 2.12. The maximum atomic E-state index is 10.8. The molecule has 0 aliphatic carbocycles. The summed E-state index contributed by atoms with van der Waals surface area (Å²) < 4.78 is 0. The number of aromatic carboxylic acids is 1. The van der Waals surface area contributed by atoms with E-state index >= 15 is 0 Å². The molecule has 0 amide bonds. The second kappa shape index (κ2) is 6.50. The molecule has 0 aliphatic heterocycles. The lowest BCUT2D eigenvalue weighted by molar-refractivity contribution is 0.0690. The van der Waals surface area contributed by atoms with Crippen LogP contribution in [0.1, 0.15) is 43.4 Å². The molecule has 0 saturated carbocycles. The van der Waals surface area contributed by atoms with Gasteiger partial charge in [0, 0.05) is 12.6 Å². The minimum Gasteiger partial charge on any atom is -0.477 e. The molecule has 4 nitrogen and oxygen atoms in total.